The van der Waals surface area contributed by atoms with E-state index in [0.29, 0.717) is 34.6 Å². The lowest BCUT2D eigenvalue weighted by molar-refractivity contribution is 0.483. The van der Waals surface area contributed by atoms with E-state index < -0.39 is 0 Å². The number of rotatable bonds is 5. The molecule has 1 fully saturated rings. The molecule has 0 aliphatic heterocycles. The minimum Gasteiger partial charge on any atom is -0.359 e. The average molecular weight is 376 g/mol. The van der Waals surface area contributed by atoms with Gasteiger partial charge in [-0.1, -0.05) is 11.6 Å². The fourth-order valence-corrected chi connectivity index (χ4v) is 3.86. The highest BCUT2D eigenvalue weighted by Gasteiger charge is 2.31. The maximum absolute atomic E-state index is 13.0. The molecule has 1 N–H and O–H groups in total. The predicted molar refractivity (Wildman–Crippen MR) is 100 cm³/mol. The van der Waals surface area contributed by atoms with E-state index in [-0.39, 0.29) is 11.6 Å². The molecule has 0 spiro atoms. The summed E-state index contributed by atoms with van der Waals surface area (Å²) in [7, 11) is 0. The van der Waals surface area contributed by atoms with Crippen LogP contribution in [0.2, 0.25) is 5.15 Å². The van der Waals surface area contributed by atoms with Crippen LogP contribution in [0.25, 0.3) is 11.2 Å². The highest BCUT2D eigenvalue weighted by Crippen LogP contribution is 2.39. The molecule has 0 saturated heterocycles. The molecule has 1 atom stereocenters. The van der Waals surface area contributed by atoms with E-state index in [1.54, 1.807) is 28.0 Å². The zero-order valence-electron chi connectivity index (χ0n) is 14.0. The van der Waals surface area contributed by atoms with Crippen molar-refractivity contribution >= 4 is 39.9 Å². The first kappa shape index (κ1) is 16.5. The molecule has 3 heterocycles. The molecule has 0 bridgehead atoms. The van der Waals surface area contributed by atoms with Gasteiger partial charge in [0.15, 0.2) is 11.5 Å². The lowest BCUT2D eigenvalue weighted by Gasteiger charge is -2.18. The second-order valence-electron chi connectivity index (χ2n) is 6.41. The first-order chi connectivity index (χ1) is 12.0. The van der Waals surface area contributed by atoms with Crippen LogP contribution < -0.4 is 10.9 Å². The molecule has 0 amide bonds. The second-order valence-corrected chi connectivity index (χ2v) is 8.12. The van der Waals surface area contributed by atoms with Crippen molar-refractivity contribution in [3.63, 3.8) is 0 Å². The molecule has 1 saturated carbocycles. The van der Waals surface area contributed by atoms with Crippen LogP contribution in [-0.4, -0.2) is 19.5 Å². The van der Waals surface area contributed by atoms with Crippen LogP contribution in [0.1, 0.15) is 35.7 Å². The average Bonchev–Trinajstić information content (AvgIpc) is 3.35. The summed E-state index contributed by atoms with van der Waals surface area (Å²) in [6, 6.07) is 3.58. The third kappa shape index (κ3) is 3.26. The number of pyridine rings is 1. The number of hydrogen-bond donors (Lipinski definition) is 1. The van der Waals surface area contributed by atoms with E-state index in [9.17, 15) is 4.79 Å². The van der Waals surface area contributed by atoms with E-state index in [1.165, 1.54) is 0 Å². The van der Waals surface area contributed by atoms with Crippen LogP contribution >= 0.6 is 22.9 Å². The second kappa shape index (κ2) is 6.38. The zero-order chi connectivity index (χ0) is 17.6. The first-order valence-corrected chi connectivity index (χ1v) is 9.46. The molecular weight excluding hydrogens is 358 g/mol. The highest BCUT2D eigenvalue weighted by atomic mass is 35.5. The SMILES string of the molecule is Cc1cnc(CNc2nc3ccc(Cl)nc3n(C(C)C3CC3)c2=O)s1. The molecule has 25 heavy (non-hydrogen) atoms. The van der Waals surface area contributed by atoms with Gasteiger partial charge in [-0.05, 0) is 44.7 Å². The smallest absolute Gasteiger partial charge is 0.295 e. The van der Waals surface area contributed by atoms with Crippen molar-refractivity contribution in [2.75, 3.05) is 5.32 Å². The Bertz CT molecular complexity index is 994. The monoisotopic (exact) mass is 375 g/mol. The predicted octanol–water partition coefficient (Wildman–Crippen LogP) is 3.79. The summed E-state index contributed by atoms with van der Waals surface area (Å²) >= 11 is 7.65. The van der Waals surface area contributed by atoms with Gasteiger partial charge in [-0.2, -0.15) is 0 Å². The van der Waals surface area contributed by atoms with Crippen molar-refractivity contribution in [3.05, 3.63) is 43.7 Å². The van der Waals surface area contributed by atoms with E-state index in [4.69, 9.17) is 11.6 Å². The Labute approximate surface area is 153 Å². The number of fused-ring (bicyclic) bond motifs is 1. The fraction of sp³-hybridized carbons (Fsp3) is 0.412. The Hall–Kier alpha value is -1.99. The van der Waals surface area contributed by atoms with Crippen LogP contribution in [-0.2, 0) is 6.54 Å². The van der Waals surface area contributed by atoms with Gasteiger partial charge in [0, 0.05) is 17.1 Å². The van der Waals surface area contributed by atoms with Crippen LogP contribution in [0.5, 0.6) is 0 Å². The van der Waals surface area contributed by atoms with Crippen LogP contribution in [0.15, 0.2) is 23.1 Å². The molecule has 8 heteroatoms. The molecule has 0 radical (unpaired) electrons. The topological polar surface area (TPSA) is 72.7 Å². The van der Waals surface area contributed by atoms with Crippen LogP contribution in [0.3, 0.4) is 0 Å². The molecule has 3 aromatic heterocycles. The third-order valence-corrected chi connectivity index (χ3v) is 5.61. The molecule has 3 aromatic rings. The molecule has 130 valence electrons. The maximum Gasteiger partial charge on any atom is 0.295 e. The number of halogens is 1. The lowest BCUT2D eigenvalue weighted by atomic mass is 10.2. The highest BCUT2D eigenvalue weighted by molar-refractivity contribution is 7.11. The molecule has 0 aromatic carbocycles. The summed E-state index contributed by atoms with van der Waals surface area (Å²) in [6.45, 7) is 4.55. The van der Waals surface area contributed by atoms with Crippen molar-refractivity contribution in [1.82, 2.24) is 19.5 Å². The molecule has 1 unspecified atom stereocenters. The Kier molecular flexibility index (Phi) is 4.21. The molecule has 4 rings (SSSR count). The molecule has 6 nitrogen and oxygen atoms in total. The van der Waals surface area contributed by atoms with Gasteiger partial charge >= 0.3 is 0 Å². The number of aromatic nitrogens is 4. The third-order valence-electron chi connectivity index (χ3n) is 4.49. The number of anilines is 1. The van der Waals surface area contributed by atoms with Crippen molar-refractivity contribution < 1.29 is 0 Å². The summed E-state index contributed by atoms with van der Waals surface area (Å²) < 4.78 is 1.74. The van der Waals surface area contributed by atoms with Gasteiger partial charge in [0.2, 0.25) is 0 Å². The van der Waals surface area contributed by atoms with E-state index in [1.807, 2.05) is 13.1 Å². The minimum absolute atomic E-state index is 0.0756. The van der Waals surface area contributed by atoms with E-state index in [2.05, 4.69) is 27.2 Å². The zero-order valence-corrected chi connectivity index (χ0v) is 15.6. The van der Waals surface area contributed by atoms with Gasteiger partial charge < -0.3 is 5.32 Å². The summed E-state index contributed by atoms with van der Waals surface area (Å²) in [6.07, 6.45) is 4.10. The van der Waals surface area contributed by atoms with Crippen molar-refractivity contribution in [2.45, 2.75) is 39.3 Å². The first-order valence-electron chi connectivity index (χ1n) is 8.27. The van der Waals surface area contributed by atoms with Gasteiger partial charge in [-0.15, -0.1) is 11.3 Å². The van der Waals surface area contributed by atoms with Gasteiger partial charge in [-0.25, -0.2) is 15.0 Å². The number of aryl methyl sites for hydroxylation is 1. The number of nitrogens with one attached hydrogen (secondary N) is 1. The minimum atomic E-state index is -0.157. The van der Waals surface area contributed by atoms with E-state index in [0.717, 1.165) is 22.7 Å². The Morgan fingerprint density at radius 3 is 2.88 bits per heavy atom. The van der Waals surface area contributed by atoms with Gasteiger partial charge in [0.05, 0.1) is 6.54 Å². The molecular formula is C17H18ClN5OS. The Morgan fingerprint density at radius 2 is 2.20 bits per heavy atom. The van der Waals surface area contributed by atoms with Crippen LogP contribution in [0.4, 0.5) is 5.82 Å². The Morgan fingerprint density at radius 1 is 1.40 bits per heavy atom. The fourth-order valence-electron chi connectivity index (χ4n) is 2.99. The summed E-state index contributed by atoms with van der Waals surface area (Å²) in [5.74, 6) is 0.843. The van der Waals surface area contributed by atoms with Crippen molar-refractivity contribution in [2.24, 2.45) is 5.92 Å². The van der Waals surface area contributed by atoms with Gasteiger partial charge in [0.25, 0.3) is 5.56 Å². The summed E-state index contributed by atoms with van der Waals surface area (Å²) in [5, 5.41) is 4.44. The van der Waals surface area contributed by atoms with E-state index >= 15 is 0 Å². The van der Waals surface area contributed by atoms with Crippen molar-refractivity contribution in [3.8, 4) is 0 Å². The largest absolute Gasteiger partial charge is 0.359 e. The lowest BCUT2D eigenvalue weighted by Crippen LogP contribution is -2.29. The standard InChI is InChI=1S/C17H18ClN5OS/c1-9-7-19-14(25-9)8-20-15-17(24)23(10(2)11-3-4-11)16-12(21-15)5-6-13(18)22-16/h5-7,10-11H,3-4,8H2,1-2H3,(H,20,21). The maximum atomic E-state index is 13.0. The summed E-state index contributed by atoms with van der Waals surface area (Å²) in [4.78, 5) is 27.3. The van der Waals surface area contributed by atoms with Crippen LogP contribution in [0, 0.1) is 12.8 Å². The quantitative estimate of drug-likeness (QED) is 0.687. The van der Waals surface area contributed by atoms with Gasteiger partial charge in [-0.3, -0.25) is 9.36 Å². The molecule has 1 aliphatic carbocycles. The van der Waals surface area contributed by atoms with Gasteiger partial charge in [0.1, 0.15) is 15.7 Å². The van der Waals surface area contributed by atoms with Crippen molar-refractivity contribution in [1.29, 1.82) is 0 Å². The normalized spacial score (nSPS) is 15.5. The molecule has 1 aliphatic rings. The Balaban J connectivity index is 1.77. The number of nitrogens with zero attached hydrogens (tertiary/aromatic N) is 4. The summed E-state index contributed by atoms with van der Waals surface area (Å²) in [5.41, 5.74) is 1.05. The number of thiazole rings is 1. The number of hydrogen-bond acceptors (Lipinski definition) is 6.